The van der Waals surface area contributed by atoms with Gasteiger partial charge in [0.25, 0.3) is 0 Å². The summed E-state index contributed by atoms with van der Waals surface area (Å²) in [7, 11) is 0. The first-order valence-corrected chi connectivity index (χ1v) is 15.1. The van der Waals surface area contributed by atoms with Crippen molar-refractivity contribution >= 4 is 29.0 Å². The number of anilines is 1. The van der Waals surface area contributed by atoms with Crippen LogP contribution in [0.5, 0.6) is 5.75 Å². The molecule has 5 heterocycles. The number of piperidine rings is 1. The van der Waals surface area contributed by atoms with E-state index in [0.29, 0.717) is 28.5 Å². The highest BCUT2D eigenvalue weighted by Crippen LogP contribution is 2.37. The molecule has 0 amide bonds. The van der Waals surface area contributed by atoms with Crippen molar-refractivity contribution in [2.45, 2.75) is 71.0 Å². The molecular weight excluding hydrogens is 552 g/mol. The molecule has 1 N–H and O–H groups in total. The van der Waals surface area contributed by atoms with Crippen LogP contribution in [-0.2, 0) is 16.0 Å². The first kappa shape index (κ1) is 28.5. The number of aryl methyl sites for hydroxylation is 1. The van der Waals surface area contributed by atoms with Gasteiger partial charge in [-0.3, -0.25) is 4.79 Å². The quantitative estimate of drug-likeness (QED) is 0.270. The van der Waals surface area contributed by atoms with Crippen LogP contribution in [-0.4, -0.2) is 57.1 Å². The molecule has 1 atom stereocenters. The molecule has 0 aliphatic carbocycles. The average molecular weight is 589 g/mol. The number of aromatic nitrogens is 3. The summed E-state index contributed by atoms with van der Waals surface area (Å²) in [5.41, 5.74) is 5.45. The molecule has 3 aliphatic heterocycles. The number of ether oxygens (including phenoxy) is 2. The van der Waals surface area contributed by atoms with E-state index in [-0.39, 0.29) is 18.1 Å². The van der Waals surface area contributed by atoms with Gasteiger partial charge in [0.05, 0.1) is 23.8 Å². The third-order valence-electron chi connectivity index (χ3n) is 8.52. The summed E-state index contributed by atoms with van der Waals surface area (Å²) in [5, 5.41) is 15.4. The number of rotatable bonds is 2. The van der Waals surface area contributed by atoms with Gasteiger partial charge in [0.2, 0.25) is 0 Å². The molecule has 220 valence electrons. The number of nitrogens with zero attached hydrogens (tertiary/aromatic N) is 4. The van der Waals surface area contributed by atoms with Crippen LogP contribution in [0.25, 0.3) is 28.0 Å². The molecule has 7 rings (SSSR count). The molecule has 2 aromatic heterocycles. The lowest BCUT2D eigenvalue weighted by Crippen LogP contribution is -2.45. The second-order valence-electron chi connectivity index (χ2n) is 11.8. The number of halogens is 1. The molecule has 3 aliphatic rings. The molecule has 2 aromatic carbocycles. The Kier molecular flexibility index (Phi) is 7.85. The Morgan fingerprint density at radius 3 is 2.69 bits per heavy atom. The van der Waals surface area contributed by atoms with E-state index < -0.39 is 5.97 Å². The minimum absolute atomic E-state index is 0.0451. The average Bonchev–Trinajstić information content (AvgIpc) is 3.38. The molecule has 42 heavy (non-hydrogen) atoms. The highest BCUT2D eigenvalue weighted by molar-refractivity contribution is 6.31. The van der Waals surface area contributed by atoms with Gasteiger partial charge in [-0.2, -0.15) is 9.61 Å². The zero-order valence-corrected chi connectivity index (χ0v) is 25.2. The number of hydrogen-bond donors (Lipinski definition) is 1. The number of carboxylic acids is 1. The van der Waals surface area contributed by atoms with Crippen LogP contribution in [0.1, 0.15) is 57.2 Å². The molecule has 6 bridgehead atoms. The standard InChI is InChI=1S/C33H37ClN4O4/c1-21-7-4-5-16-41-33(3)12-14-37(15-13-33)32-26(19-31(39)40)22(2)35-30-20-28(36-38(30)32)24-9-6-8-23(17-24)27-18-25(34)10-11-29(27)42-21/h6,8-11,17-18,20-21H,4-5,7,12-16,19H2,1-3H3,(H,39,40)/t21-/m0/s1. The summed E-state index contributed by atoms with van der Waals surface area (Å²) in [6, 6.07) is 15.9. The number of fused-ring (bicyclic) bond motifs is 8. The maximum Gasteiger partial charge on any atom is 0.308 e. The highest BCUT2D eigenvalue weighted by atomic mass is 35.5. The van der Waals surface area contributed by atoms with Crippen LogP contribution < -0.4 is 9.64 Å². The van der Waals surface area contributed by atoms with Crippen molar-refractivity contribution in [3.05, 3.63) is 64.8 Å². The first-order chi connectivity index (χ1) is 20.2. The molecule has 0 spiro atoms. The molecule has 8 nitrogen and oxygen atoms in total. The Morgan fingerprint density at radius 2 is 1.90 bits per heavy atom. The summed E-state index contributed by atoms with van der Waals surface area (Å²) in [5.74, 6) is 0.708. The second-order valence-corrected chi connectivity index (χ2v) is 12.2. The molecule has 9 heteroatoms. The summed E-state index contributed by atoms with van der Waals surface area (Å²) in [6.07, 6.45) is 4.52. The zero-order valence-electron chi connectivity index (χ0n) is 24.4. The van der Waals surface area contributed by atoms with Gasteiger partial charge < -0.3 is 19.5 Å². The maximum absolute atomic E-state index is 11.9. The van der Waals surface area contributed by atoms with Gasteiger partial charge in [-0.15, -0.1) is 0 Å². The molecule has 4 aromatic rings. The molecule has 0 radical (unpaired) electrons. The first-order valence-electron chi connectivity index (χ1n) is 14.8. The molecular formula is C33H37ClN4O4. The van der Waals surface area contributed by atoms with Gasteiger partial charge >= 0.3 is 5.97 Å². The molecule has 0 saturated carbocycles. The van der Waals surface area contributed by atoms with Crippen molar-refractivity contribution in [2.75, 3.05) is 24.6 Å². The Hall–Kier alpha value is -3.62. The second kappa shape index (κ2) is 11.6. The molecule has 1 saturated heterocycles. The van der Waals surface area contributed by atoms with Crippen LogP contribution in [0.3, 0.4) is 0 Å². The Labute approximate surface area is 251 Å². The minimum Gasteiger partial charge on any atom is -0.490 e. The lowest BCUT2D eigenvalue weighted by Gasteiger charge is -2.41. The Bertz CT molecular complexity index is 1630. The van der Waals surface area contributed by atoms with E-state index in [1.54, 1.807) is 0 Å². The molecule has 0 unspecified atom stereocenters. The van der Waals surface area contributed by atoms with Crippen LogP contribution in [0.15, 0.2) is 48.5 Å². The number of benzene rings is 2. The van der Waals surface area contributed by atoms with Crippen molar-refractivity contribution < 1.29 is 19.4 Å². The van der Waals surface area contributed by atoms with Crippen LogP contribution >= 0.6 is 11.6 Å². The predicted molar refractivity (Wildman–Crippen MR) is 165 cm³/mol. The number of aliphatic carboxylic acids is 1. The van der Waals surface area contributed by atoms with E-state index in [4.69, 9.17) is 31.2 Å². The van der Waals surface area contributed by atoms with Gasteiger partial charge in [-0.1, -0.05) is 29.8 Å². The third kappa shape index (κ3) is 5.83. The third-order valence-corrected chi connectivity index (χ3v) is 8.76. The van der Waals surface area contributed by atoms with Crippen molar-refractivity contribution in [3.8, 4) is 28.1 Å². The van der Waals surface area contributed by atoms with Gasteiger partial charge in [-0.25, -0.2) is 4.98 Å². The highest BCUT2D eigenvalue weighted by Gasteiger charge is 2.33. The fourth-order valence-corrected chi connectivity index (χ4v) is 6.27. The summed E-state index contributed by atoms with van der Waals surface area (Å²) < 4.78 is 14.7. The SMILES string of the molecule is Cc1nc2cc3nn2c(c1CC(=O)O)N1CCC(C)(CC1)OCCCC[C@H](C)Oc1ccc(Cl)cc1-c1cccc-3c1. The maximum atomic E-state index is 11.9. The van der Waals surface area contributed by atoms with E-state index in [0.717, 1.165) is 79.1 Å². The van der Waals surface area contributed by atoms with Gasteiger partial charge in [0.1, 0.15) is 11.6 Å². The van der Waals surface area contributed by atoms with Gasteiger partial charge in [0, 0.05) is 53.2 Å². The van der Waals surface area contributed by atoms with Gasteiger partial charge in [0.15, 0.2) is 5.65 Å². The lowest BCUT2D eigenvalue weighted by atomic mass is 9.92. The Morgan fingerprint density at radius 1 is 1.12 bits per heavy atom. The fourth-order valence-electron chi connectivity index (χ4n) is 6.10. The monoisotopic (exact) mass is 588 g/mol. The van der Waals surface area contributed by atoms with E-state index in [9.17, 15) is 9.90 Å². The van der Waals surface area contributed by atoms with E-state index in [1.165, 1.54) is 0 Å². The van der Waals surface area contributed by atoms with Gasteiger partial charge in [-0.05, 0) is 82.7 Å². The van der Waals surface area contributed by atoms with Crippen molar-refractivity contribution in [2.24, 2.45) is 0 Å². The number of carboxylic acid groups (broad SMARTS) is 1. The van der Waals surface area contributed by atoms with E-state index in [1.807, 2.05) is 47.8 Å². The fraction of sp³-hybridized carbons (Fsp3) is 0.424. The topological polar surface area (TPSA) is 89.2 Å². The Balaban J connectivity index is 1.50. The number of hydrogen-bond acceptors (Lipinski definition) is 6. The minimum atomic E-state index is -0.888. The van der Waals surface area contributed by atoms with E-state index in [2.05, 4.69) is 30.9 Å². The van der Waals surface area contributed by atoms with E-state index >= 15 is 0 Å². The number of carbonyl (C=O) groups is 1. The van der Waals surface area contributed by atoms with Crippen molar-refractivity contribution in [3.63, 3.8) is 0 Å². The normalized spacial score (nSPS) is 21.2. The van der Waals surface area contributed by atoms with Crippen molar-refractivity contribution in [1.82, 2.24) is 14.6 Å². The summed E-state index contributed by atoms with van der Waals surface area (Å²) in [4.78, 5) is 19.0. The van der Waals surface area contributed by atoms with Crippen molar-refractivity contribution in [1.29, 1.82) is 0 Å². The zero-order chi connectivity index (χ0) is 29.4. The van der Waals surface area contributed by atoms with Crippen LogP contribution in [0.4, 0.5) is 5.82 Å². The largest absolute Gasteiger partial charge is 0.490 e. The lowest BCUT2D eigenvalue weighted by molar-refractivity contribution is -0.136. The predicted octanol–water partition coefficient (Wildman–Crippen LogP) is 6.98. The van der Waals surface area contributed by atoms with Crippen LogP contribution in [0, 0.1) is 6.92 Å². The molecule has 1 fully saturated rings. The summed E-state index contributed by atoms with van der Waals surface area (Å²) in [6.45, 7) is 8.38. The smallest absolute Gasteiger partial charge is 0.308 e. The summed E-state index contributed by atoms with van der Waals surface area (Å²) >= 11 is 6.45. The van der Waals surface area contributed by atoms with Crippen LogP contribution in [0.2, 0.25) is 5.02 Å².